The molecular weight excluding hydrogens is 294 g/mol. The Morgan fingerprint density at radius 2 is 2.14 bits per heavy atom. The highest BCUT2D eigenvalue weighted by Crippen LogP contribution is 2.13. The van der Waals surface area contributed by atoms with Gasteiger partial charge >= 0.3 is 0 Å². The van der Waals surface area contributed by atoms with Crippen LogP contribution in [-0.4, -0.2) is 9.78 Å². The summed E-state index contributed by atoms with van der Waals surface area (Å²) >= 11 is 2.17. The first-order valence-corrected chi connectivity index (χ1v) is 5.21. The van der Waals surface area contributed by atoms with Crippen LogP contribution in [0.1, 0.15) is 5.56 Å². The van der Waals surface area contributed by atoms with Crippen LogP contribution in [0.5, 0.6) is 0 Å². The van der Waals surface area contributed by atoms with Gasteiger partial charge in [0.2, 0.25) is 0 Å². The van der Waals surface area contributed by atoms with Crippen molar-refractivity contribution in [1.82, 2.24) is 9.78 Å². The van der Waals surface area contributed by atoms with Gasteiger partial charge in [0.15, 0.2) is 0 Å². The standard InChI is InChI=1S/C10H8FIN2/c1-7-2-8(11)4-10(3-7)14-6-9(12)5-13-14/h2-6H,1H3. The van der Waals surface area contributed by atoms with E-state index >= 15 is 0 Å². The molecule has 0 radical (unpaired) electrons. The van der Waals surface area contributed by atoms with Crippen LogP contribution < -0.4 is 0 Å². The van der Waals surface area contributed by atoms with E-state index in [-0.39, 0.29) is 5.82 Å². The van der Waals surface area contributed by atoms with Crippen LogP contribution in [-0.2, 0) is 0 Å². The molecule has 0 unspecified atom stereocenters. The van der Waals surface area contributed by atoms with Gasteiger partial charge in [-0.2, -0.15) is 5.10 Å². The fraction of sp³-hybridized carbons (Fsp3) is 0.100. The highest BCUT2D eigenvalue weighted by atomic mass is 127. The topological polar surface area (TPSA) is 17.8 Å². The maximum absolute atomic E-state index is 13.1. The van der Waals surface area contributed by atoms with E-state index in [0.29, 0.717) is 0 Å². The second-order valence-electron chi connectivity index (χ2n) is 3.09. The summed E-state index contributed by atoms with van der Waals surface area (Å²) < 4.78 is 15.8. The molecule has 72 valence electrons. The maximum atomic E-state index is 13.1. The smallest absolute Gasteiger partial charge is 0.125 e. The van der Waals surface area contributed by atoms with E-state index in [9.17, 15) is 4.39 Å². The Kier molecular flexibility index (Phi) is 2.54. The summed E-state index contributed by atoms with van der Waals surface area (Å²) in [5.74, 6) is -0.231. The Morgan fingerprint density at radius 1 is 1.36 bits per heavy atom. The second-order valence-corrected chi connectivity index (χ2v) is 4.34. The predicted molar refractivity (Wildman–Crippen MR) is 61.0 cm³/mol. The van der Waals surface area contributed by atoms with Gasteiger partial charge in [-0.15, -0.1) is 0 Å². The van der Waals surface area contributed by atoms with E-state index in [1.807, 2.05) is 19.2 Å². The molecule has 0 aliphatic carbocycles. The van der Waals surface area contributed by atoms with Crippen molar-refractivity contribution >= 4 is 22.6 Å². The zero-order valence-corrected chi connectivity index (χ0v) is 9.69. The van der Waals surface area contributed by atoms with Crippen molar-refractivity contribution in [3.05, 3.63) is 45.5 Å². The van der Waals surface area contributed by atoms with Crippen LogP contribution in [0.25, 0.3) is 5.69 Å². The van der Waals surface area contributed by atoms with Crippen LogP contribution in [0, 0.1) is 16.3 Å². The fourth-order valence-corrected chi connectivity index (χ4v) is 1.68. The summed E-state index contributed by atoms with van der Waals surface area (Å²) in [6.45, 7) is 1.86. The largest absolute Gasteiger partial charge is 0.240 e. The first-order chi connectivity index (χ1) is 6.65. The molecule has 0 saturated carbocycles. The summed E-state index contributed by atoms with van der Waals surface area (Å²) in [5, 5.41) is 4.11. The van der Waals surface area contributed by atoms with E-state index in [1.54, 1.807) is 10.9 Å². The first kappa shape index (κ1) is 9.64. The van der Waals surface area contributed by atoms with Crippen LogP contribution in [0.2, 0.25) is 0 Å². The lowest BCUT2D eigenvalue weighted by Crippen LogP contribution is -1.95. The number of aromatic nitrogens is 2. The number of halogens is 2. The summed E-state index contributed by atoms with van der Waals surface area (Å²) in [6, 6.07) is 4.86. The molecule has 1 heterocycles. The molecule has 1 aromatic heterocycles. The molecular formula is C10H8FIN2. The first-order valence-electron chi connectivity index (χ1n) is 4.13. The third-order valence-electron chi connectivity index (χ3n) is 1.84. The molecule has 0 spiro atoms. The minimum atomic E-state index is -0.231. The van der Waals surface area contributed by atoms with Crippen molar-refractivity contribution in [2.75, 3.05) is 0 Å². The highest BCUT2D eigenvalue weighted by Gasteiger charge is 2.01. The average Bonchev–Trinajstić information content (AvgIpc) is 2.50. The number of nitrogens with zero attached hydrogens (tertiary/aromatic N) is 2. The second kappa shape index (κ2) is 3.68. The zero-order chi connectivity index (χ0) is 10.1. The molecule has 2 rings (SSSR count). The maximum Gasteiger partial charge on any atom is 0.125 e. The van der Waals surface area contributed by atoms with Gasteiger partial charge in [0.1, 0.15) is 5.82 Å². The summed E-state index contributed by atoms with van der Waals surface area (Å²) in [5.41, 5.74) is 1.65. The zero-order valence-electron chi connectivity index (χ0n) is 7.54. The molecule has 0 saturated heterocycles. The molecule has 2 aromatic rings. The summed E-state index contributed by atoms with van der Waals surface area (Å²) in [6.07, 6.45) is 3.59. The van der Waals surface area contributed by atoms with Crippen LogP contribution >= 0.6 is 22.6 Å². The molecule has 0 fully saturated rings. The normalized spacial score (nSPS) is 10.5. The van der Waals surface area contributed by atoms with E-state index in [2.05, 4.69) is 27.7 Å². The molecule has 0 amide bonds. The molecule has 14 heavy (non-hydrogen) atoms. The molecule has 0 bridgehead atoms. The number of hydrogen-bond acceptors (Lipinski definition) is 1. The minimum Gasteiger partial charge on any atom is -0.240 e. The SMILES string of the molecule is Cc1cc(F)cc(-n2cc(I)cn2)c1. The molecule has 4 heteroatoms. The van der Waals surface area contributed by atoms with Gasteiger partial charge < -0.3 is 0 Å². The van der Waals surface area contributed by atoms with Crippen LogP contribution in [0.4, 0.5) is 4.39 Å². The van der Waals surface area contributed by atoms with Crippen molar-refractivity contribution in [3.63, 3.8) is 0 Å². The Hall–Kier alpha value is -0.910. The number of rotatable bonds is 1. The van der Waals surface area contributed by atoms with Crippen molar-refractivity contribution in [1.29, 1.82) is 0 Å². The molecule has 1 aromatic carbocycles. The highest BCUT2D eigenvalue weighted by molar-refractivity contribution is 14.1. The van der Waals surface area contributed by atoms with Gasteiger partial charge in [-0.3, -0.25) is 0 Å². The van der Waals surface area contributed by atoms with Crippen molar-refractivity contribution in [2.45, 2.75) is 6.92 Å². The van der Waals surface area contributed by atoms with E-state index < -0.39 is 0 Å². The summed E-state index contributed by atoms with van der Waals surface area (Å²) in [4.78, 5) is 0. The predicted octanol–water partition coefficient (Wildman–Crippen LogP) is 2.92. The molecule has 0 aliphatic heterocycles. The Morgan fingerprint density at radius 3 is 2.71 bits per heavy atom. The third kappa shape index (κ3) is 1.95. The number of aryl methyl sites for hydroxylation is 1. The van der Waals surface area contributed by atoms with Crippen molar-refractivity contribution in [2.24, 2.45) is 0 Å². The van der Waals surface area contributed by atoms with Crippen LogP contribution in [0.3, 0.4) is 0 Å². The van der Waals surface area contributed by atoms with Crippen LogP contribution in [0.15, 0.2) is 30.6 Å². The van der Waals surface area contributed by atoms with Crippen molar-refractivity contribution < 1.29 is 4.39 Å². The Labute approximate surface area is 94.9 Å². The Balaban J connectivity index is 2.51. The van der Waals surface area contributed by atoms with Crippen molar-refractivity contribution in [3.8, 4) is 5.69 Å². The quantitative estimate of drug-likeness (QED) is 0.741. The molecule has 0 atom stereocenters. The third-order valence-corrected chi connectivity index (χ3v) is 2.40. The van der Waals surface area contributed by atoms with Gasteiger partial charge in [0.25, 0.3) is 0 Å². The van der Waals surface area contributed by atoms with E-state index in [0.717, 1.165) is 14.8 Å². The van der Waals surface area contributed by atoms with Gasteiger partial charge in [-0.25, -0.2) is 9.07 Å². The van der Waals surface area contributed by atoms with E-state index in [1.165, 1.54) is 12.1 Å². The lowest BCUT2D eigenvalue weighted by Gasteiger charge is -2.02. The number of benzene rings is 1. The average molecular weight is 302 g/mol. The molecule has 0 aliphatic rings. The monoisotopic (exact) mass is 302 g/mol. The fourth-order valence-electron chi connectivity index (χ4n) is 1.29. The Bertz CT molecular complexity index is 445. The number of hydrogen-bond donors (Lipinski definition) is 0. The lowest BCUT2D eigenvalue weighted by atomic mass is 10.2. The molecule has 0 N–H and O–H groups in total. The van der Waals surface area contributed by atoms with E-state index in [4.69, 9.17) is 0 Å². The summed E-state index contributed by atoms with van der Waals surface area (Å²) in [7, 11) is 0. The molecule has 2 nitrogen and oxygen atoms in total. The lowest BCUT2D eigenvalue weighted by molar-refractivity contribution is 0.624. The van der Waals surface area contributed by atoms with Gasteiger partial charge in [-0.05, 0) is 53.3 Å². The van der Waals surface area contributed by atoms with Gasteiger partial charge in [0.05, 0.1) is 15.5 Å². The van der Waals surface area contributed by atoms with Gasteiger partial charge in [-0.1, -0.05) is 0 Å². The van der Waals surface area contributed by atoms with Gasteiger partial charge in [0, 0.05) is 6.20 Å². The minimum absolute atomic E-state index is 0.231.